The van der Waals surface area contributed by atoms with Gasteiger partial charge in [0.2, 0.25) is 5.91 Å². The van der Waals surface area contributed by atoms with Crippen LogP contribution in [0.4, 0.5) is 10.1 Å². The van der Waals surface area contributed by atoms with Gasteiger partial charge in [-0.05, 0) is 55.7 Å². The molecule has 1 unspecified atom stereocenters. The lowest BCUT2D eigenvalue weighted by molar-refractivity contribution is -0.121. The summed E-state index contributed by atoms with van der Waals surface area (Å²) in [5, 5.41) is 3.07. The van der Waals surface area contributed by atoms with E-state index in [1.165, 1.54) is 13.2 Å². The van der Waals surface area contributed by atoms with Crippen LogP contribution in [0.5, 0.6) is 5.75 Å². The predicted molar refractivity (Wildman–Crippen MR) is 114 cm³/mol. The fraction of sp³-hybridized carbons (Fsp3) is 0.435. The lowest BCUT2D eigenvalue weighted by Gasteiger charge is -2.37. The number of halogens is 1. The maximum Gasteiger partial charge on any atom is 0.241 e. The molecule has 0 spiro atoms. The van der Waals surface area contributed by atoms with Crippen molar-refractivity contribution < 1.29 is 13.9 Å². The molecule has 0 aromatic heterocycles. The number of carbonyl (C=O) groups is 1. The summed E-state index contributed by atoms with van der Waals surface area (Å²) in [5.41, 5.74) is 3.99. The van der Waals surface area contributed by atoms with Crippen molar-refractivity contribution in [2.75, 3.05) is 38.6 Å². The maximum atomic E-state index is 13.9. The molecule has 1 aliphatic rings. The van der Waals surface area contributed by atoms with Gasteiger partial charge in [0.05, 0.1) is 13.2 Å². The first-order valence-electron chi connectivity index (χ1n) is 10.0. The van der Waals surface area contributed by atoms with E-state index in [0.29, 0.717) is 6.54 Å². The number of ether oxygens (including phenoxy) is 1. The normalized spacial score (nSPS) is 16.4. The van der Waals surface area contributed by atoms with Gasteiger partial charge in [-0.1, -0.05) is 18.2 Å². The van der Waals surface area contributed by atoms with E-state index in [4.69, 9.17) is 4.74 Å². The zero-order chi connectivity index (χ0) is 21.0. The van der Waals surface area contributed by atoms with Crippen LogP contribution in [0.25, 0.3) is 0 Å². The van der Waals surface area contributed by atoms with Crippen LogP contribution in [-0.2, 0) is 11.3 Å². The Morgan fingerprint density at radius 1 is 1.14 bits per heavy atom. The van der Waals surface area contributed by atoms with E-state index in [0.717, 1.165) is 48.6 Å². The Morgan fingerprint density at radius 2 is 1.86 bits per heavy atom. The molecule has 2 aromatic carbocycles. The second-order valence-electron chi connectivity index (χ2n) is 7.76. The third-order valence-corrected chi connectivity index (χ3v) is 5.61. The number of hydrogen-bond acceptors (Lipinski definition) is 4. The Hall–Kier alpha value is -2.44. The first kappa shape index (κ1) is 21.3. The first-order valence-corrected chi connectivity index (χ1v) is 10.0. The number of nitrogens with zero attached hydrogens (tertiary/aromatic N) is 2. The standard InChI is InChI=1S/C23H30FN3O2/c1-16-5-6-17(2)21(13-16)25-23(28)18(3)27-11-9-26(10-12-27)15-19-7-8-22(29-4)20(24)14-19/h5-8,13-14,18H,9-12,15H2,1-4H3,(H,25,28). The van der Waals surface area contributed by atoms with Crippen LogP contribution in [0.1, 0.15) is 23.6 Å². The molecule has 1 aliphatic heterocycles. The monoisotopic (exact) mass is 399 g/mol. The number of nitrogens with one attached hydrogen (secondary N) is 1. The third-order valence-electron chi connectivity index (χ3n) is 5.61. The third kappa shape index (κ3) is 5.34. The molecule has 0 aliphatic carbocycles. The molecule has 0 bridgehead atoms. The molecule has 3 rings (SSSR count). The minimum Gasteiger partial charge on any atom is -0.494 e. The number of piperazine rings is 1. The Balaban J connectivity index is 1.52. The van der Waals surface area contributed by atoms with Crippen LogP contribution in [0.2, 0.25) is 0 Å². The summed E-state index contributed by atoms with van der Waals surface area (Å²) in [6.45, 7) is 9.96. The van der Waals surface area contributed by atoms with Crippen LogP contribution in [0.3, 0.4) is 0 Å². The molecule has 0 radical (unpaired) electrons. The molecule has 6 heteroatoms. The van der Waals surface area contributed by atoms with Crippen molar-refractivity contribution in [1.29, 1.82) is 0 Å². The number of hydrogen-bond donors (Lipinski definition) is 1. The highest BCUT2D eigenvalue weighted by atomic mass is 19.1. The fourth-order valence-corrected chi connectivity index (χ4v) is 3.65. The van der Waals surface area contributed by atoms with E-state index in [1.54, 1.807) is 6.07 Å². The lowest BCUT2D eigenvalue weighted by Crippen LogP contribution is -2.52. The highest BCUT2D eigenvalue weighted by Crippen LogP contribution is 2.20. The molecule has 156 valence electrons. The Kier molecular flexibility index (Phi) is 6.87. The van der Waals surface area contributed by atoms with Crippen molar-refractivity contribution in [1.82, 2.24) is 9.80 Å². The number of rotatable bonds is 6. The fourth-order valence-electron chi connectivity index (χ4n) is 3.65. The molecule has 5 nitrogen and oxygen atoms in total. The number of aryl methyl sites for hydroxylation is 2. The van der Waals surface area contributed by atoms with Crippen molar-refractivity contribution in [3.63, 3.8) is 0 Å². The van der Waals surface area contributed by atoms with Crippen molar-refractivity contribution in [3.8, 4) is 5.75 Å². The average molecular weight is 400 g/mol. The van der Waals surface area contributed by atoms with Crippen molar-refractivity contribution in [3.05, 3.63) is 58.9 Å². The molecular weight excluding hydrogens is 369 g/mol. The van der Waals surface area contributed by atoms with Crippen LogP contribution < -0.4 is 10.1 Å². The largest absolute Gasteiger partial charge is 0.494 e. The topological polar surface area (TPSA) is 44.8 Å². The van der Waals surface area contributed by atoms with Crippen LogP contribution in [0, 0.1) is 19.7 Å². The summed E-state index contributed by atoms with van der Waals surface area (Å²) in [6, 6.07) is 11.0. The highest BCUT2D eigenvalue weighted by Gasteiger charge is 2.26. The zero-order valence-corrected chi connectivity index (χ0v) is 17.7. The van der Waals surface area contributed by atoms with Gasteiger partial charge in [0, 0.05) is 38.4 Å². The van der Waals surface area contributed by atoms with E-state index in [9.17, 15) is 9.18 Å². The van der Waals surface area contributed by atoms with Gasteiger partial charge in [0.25, 0.3) is 0 Å². The van der Waals surface area contributed by atoms with E-state index < -0.39 is 0 Å². The zero-order valence-electron chi connectivity index (χ0n) is 17.7. The minimum absolute atomic E-state index is 0.0179. The van der Waals surface area contributed by atoms with Crippen molar-refractivity contribution in [2.45, 2.75) is 33.4 Å². The summed E-state index contributed by atoms with van der Waals surface area (Å²) in [7, 11) is 1.47. The summed E-state index contributed by atoms with van der Waals surface area (Å²) >= 11 is 0. The number of methoxy groups -OCH3 is 1. The summed E-state index contributed by atoms with van der Waals surface area (Å²) in [4.78, 5) is 17.2. The Morgan fingerprint density at radius 3 is 2.52 bits per heavy atom. The number of benzene rings is 2. The highest BCUT2D eigenvalue weighted by molar-refractivity contribution is 5.95. The van der Waals surface area contributed by atoms with Gasteiger partial charge >= 0.3 is 0 Å². The van der Waals surface area contributed by atoms with Crippen LogP contribution in [-0.4, -0.2) is 55.0 Å². The van der Waals surface area contributed by atoms with Gasteiger partial charge in [-0.25, -0.2) is 4.39 Å². The number of carbonyl (C=O) groups excluding carboxylic acids is 1. The smallest absolute Gasteiger partial charge is 0.241 e. The molecule has 1 fully saturated rings. The predicted octanol–water partition coefficient (Wildman–Crippen LogP) is 3.60. The molecule has 1 atom stereocenters. The molecule has 1 amide bonds. The summed E-state index contributed by atoms with van der Waals surface area (Å²) in [5.74, 6) is -0.0491. The van der Waals surface area contributed by atoms with Gasteiger partial charge in [-0.15, -0.1) is 0 Å². The molecular formula is C23H30FN3O2. The molecule has 1 heterocycles. The molecule has 0 saturated carbocycles. The van der Waals surface area contributed by atoms with Crippen molar-refractivity contribution >= 4 is 11.6 Å². The lowest BCUT2D eigenvalue weighted by atomic mass is 10.1. The second-order valence-corrected chi connectivity index (χ2v) is 7.76. The summed E-state index contributed by atoms with van der Waals surface area (Å²) < 4.78 is 18.9. The minimum atomic E-state index is -0.333. The van der Waals surface area contributed by atoms with E-state index in [2.05, 4.69) is 15.1 Å². The summed E-state index contributed by atoms with van der Waals surface area (Å²) in [6.07, 6.45) is 0. The van der Waals surface area contributed by atoms with Gasteiger partial charge in [-0.2, -0.15) is 0 Å². The van der Waals surface area contributed by atoms with Gasteiger partial charge < -0.3 is 10.1 Å². The van der Waals surface area contributed by atoms with E-state index in [1.807, 2.05) is 45.0 Å². The molecule has 1 saturated heterocycles. The van der Waals surface area contributed by atoms with Crippen LogP contribution >= 0.6 is 0 Å². The number of amides is 1. The quantitative estimate of drug-likeness (QED) is 0.806. The van der Waals surface area contributed by atoms with Gasteiger partial charge in [0.15, 0.2) is 11.6 Å². The first-order chi connectivity index (χ1) is 13.9. The Labute approximate surface area is 172 Å². The van der Waals surface area contributed by atoms with Gasteiger partial charge in [0.1, 0.15) is 0 Å². The maximum absolute atomic E-state index is 13.9. The SMILES string of the molecule is COc1ccc(CN2CCN(C(C)C(=O)Nc3cc(C)ccc3C)CC2)cc1F. The molecule has 2 aromatic rings. The molecule has 29 heavy (non-hydrogen) atoms. The van der Waals surface area contributed by atoms with E-state index >= 15 is 0 Å². The van der Waals surface area contributed by atoms with E-state index in [-0.39, 0.29) is 23.5 Å². The second kappa shape index (κ2) is 9.37. The number of anilines is 1. The molecule has 1 N–H and O–H groups in total. The van der Waals surface area contributed by atoms with Crippen molar-refractivity contribution in [2.24, 2.45) is 0 Å². The average Bonchev–Trinajstić information content (AvgIpc) is 2.71. The van der Waals surface area contributed by atoms with Crippen LogP contribution in [0.15, 0.2) is 36.4 Å². The Bertz CT molecular complexity index is 863. The van der Waals surface area contributed by atoms with Gasteiger partial charge in [-0.3, -0.25) is 14.6 Å².